The number of likely N-dealkylation sites (tertiary alicyclic amines) is 1. The predicted octanol–water partition coefficient (Wildman–Crippen LogP) is 0.646. The standard InChI is InChI=1S/C14H25N3O2/c1-2-13(18)16-12-6-9-17(10-7-12)14(19)5-8-15-11-3-4-11/h11-12,15H,2-10H2,1H3,(H,16,18). The maximum Gasteiger partial charge on any atom is 0.223 e. The summed E-state index contributed by atoms with van der Waals surface area (Å²) >= 11 is 0. The Morgan fingerprint density at radius 2 is 1.79 bits per heavy atom. The van der Waals surface area contributed by atoms with Gasteiger partial charge in [-0.15, -0.1) is 0 Å². The number of amides is 2. The van der Waals surface area contributed by atoms with Crippen molar-refractivity contribution in [1.82, 2.24) is 15.5 Å². The van der Waals surface area contributed by atoms with E-state index in [0.717, 1.165) is 32.5 Å². The number of rotatable bonds is 6. The molecule has 1 saturated heterocycles. The van der Waals surface area contributed by atoms with Crippen LogP contribution in [0.4, 0.5) is 0 Å². The van der Waals surface area contributed by atoms with Crippen LogP contribution >= 0.6 is 0 Å². The highest BCUT2D eigenvalue weighted by molar-refractivity contribution is 5.77. The SMILES string of the molecule is CCC(=O)NC1CCN(C(=O)CCNC2CC2)CC1. The number of nitrogens with zero attached hydrogens (tertiary/aromatic N) is 1. The minimum Gasteiger partial charge on any atom is -0.353 e. The smallest absolute Gasteiger partial charge is 0.223 e. The molecule has 108 valence electrons. The van der Waals surface area contributed by atoms with Crippen molar-refractivity contribution < 1.29 is 9.59 Å². The zero-order chi connectivity index (χ0) is 13.7. The minimum absolute atomic E-state index is 0.110. The molecule has 0 aromatic rings. The first kappa shape index (κ1) is 14.3. The van der Waals surface area contributed by atoms with Gasteiger partial charge in [-0.2, -0.15) is 0 Å². The van der Waals surface area contributed by atoms with E-state index in [1.807, 2.05) is 11.8 Å². The third kappa shape index (κ3) is 4.82. The summed E-state index contributed by atoms with van der Waals surface area (Å²) in [7, 11) is 0. The fourth-order valence-corrected chi connectivity index (χ4v) is 2.43. The van der Waals surface area contributed by atoms with E-state index in [2.05, 4.69) is 10.6 Å². The number of carbonyl (C=O) groups excluding carboxylic acids is 2. The maximum atomic E-state index is 12.0. The van der Waals surface area contributed by atoms with Crippen molar-refractivity contribution in [3.8, 4) is 0 Å². The summed E-state index contributed by atoms with van der Waals surface area (Å²) in [6.45, 7) is 4.21. The summed E-state index contributed by atoms with van der Waals surface area (Å²) < 4.78 is 0. The molecule has 2 amide bonds. The van der Waals surface area contributed by atoms with Crippen LogP contribution in [0.5, 0.6) is 0 Å². The molecule has 1 aliphatic carbocycles. The molecular formula is C14H25N3O2. The van der Waals surface area contributed by atoms with Gasteiger partial charge in [0.05, 0.1) is 0 Å². The fourth-order valence-electron chi connectivity index (χ4n) is 2.43. The van der Waals surface area contributed by atoms with Gasteiger partial charge in [0.1, 0.15) is 0 Å². The van der Waals surface area contributed by atoms with Gasteiger partial charge in [-0.05, 0) is 25.7 Å². The first-order valence-corrected chi connectivity index (χ1v) is 7.49. The maximum absolute atomic E-state index is 12.0. The molecule has 5 heteroatoms. The van der Waals surface area contributed by atoms with Crippen molar-refractivity contribution in [1.29, 1.82) is 0 Å². The van der Waals surface area contributed by atoms with Crippen molar-refractivity contribution in [3.63, 3.8) is 0 Å². The average molecular weight is 267 g/mol. The summed E-state index contributed by atoms with van der Waals surface area (Å²) in [4.78, 5) is 25.2. The molecular weight excluding hydrogens is 242 g/mol. The van der Waals surface area contributed by atoms with Gasteiger partial charge in [0, 0.05) is 44.6 Å². The molecule has 0 radical (unpaired) electrons. The van der Waals surface area contributed by atoms with Crippen molar-refractivity contribution in [3.05, 3.63) is 0 Å². The zero-order valence-electron chi connectivity index (χ0n) is 11.8. The molecule has 0 spiro atoms. The Morgan fingerprint density at radius 3 is 2.37 bits per heavy atom. The lowest BCUT2D eigenvalue weighted by Crippen LogP contribution is -2.46. The molecule has 1 aliphatic heterocycles. The number of piperidine rings is 1. The Labute approximate surface area is 115 Å². The molecule has 0 unspecified atom stereocenters. The minimum atomic E-state index is 0.110. The topological polar surface area (TPSA) is 61.4 Å². The number of hydrogen-bond donors (Lipinski definition) is 2. The van der Waals surface area contributed by atoms with E-state index in [0.29, 0.717) is 18.9 Å². The quantitative estimate of drug-likeness (QED) is 0.742. The average Bonchev–Trinajstić information content (AvgIpc) is 3.23. The van der Waals surface area contributed by atoms with Crippen LogP contribution in [0, 0.1) is 0 Å². The van der Waals surface area contributed by atoms with Crippen LogP contribution in [0.1, 0.15) is 45.4 Å². The van der Waals surface area contributed by atoms with Crippen molar-refractivity contribution >= 4 is 11.8 Å². The molecule has 0 bridgehead atoms. The lowest BCUT2D eigenvalue weighted by atomic mass is 10.0. The van der Waals surface area contributed by atoms with E-state index in [4.69, 9.17) is 0 Å². The first-order valence-electron chi connectivity index (χ1n) is 7.49. The number of hydrogen-bond acceptors (Lipinski definition) is 3. The fraction of sp³-hybridized carbons (Fsp3) is 0.857. The monoisotopic (exact) mass is 267 g/mol. The Hall–Kier alpha value is -1.10. The highest BCUT2D eigenvalue weighted by Gasteiger charge is 2.24. The summed E-state index contributed by atoms with van der Waals surface area (Å²) in [5.41, 5.74) is 0. The number of nitrogens with one attached hydrogen (secondary N) is 2. The van der Waals surface area contributed by atoms with E-state index in [1.54, 1.807) is 0 Å². The lowest BCUT2D eigenvalue weighted by Gasteiger charge is -2.32. The van der Waals surface area contributed by atoms with Gasteiger partial charge in [-0.1, -0.05) is 6.92 Å². The molecule has 5 nitrogen and oxygen atoms in total. The first-order chi connectivity index (χ1) is 9.19. The van der Waals surface area contributed by atoms with Crippen LogP contribution < -0.4 is 10.6 Å². The molecule has 19 heavy (non-hydrogen) atoms. The number of carbonyl (C=O) groups is 2. The largest absolute Gasteiger partial charge is 0.353 e. The molecule has 0 aromatic heterocycles. The second-order valence-corrected chi connectivity index (χ2v) is 5.55. The van der Waals surface area contributed by atoms with Crippen LogP contribution in [-0.2, 0) is 9.59 Å². The van der Waals surface area contributed by atoms with E-state index in [1.165, 1.54) is 12.8 Å². The molecule has 2 aliphatic rings. The zero-order valence-corrected chi connectivity index (χ0v) is 11.8. The van der Waals surface area contributed by atoms with E-state index >= 15 is 0 Å². The van der Waals surface area contributed by atoms with Gasteiger partial charge in [0.15, 0.2) is 0 Å². The molecule has 2 fully saturated rings. The van der Waals surface area contributed by atoms with Gasteiger partial charge < -0.3 is 15.5 Å². The Kier molecular flexibility index (Phi) is 5.19. The summed E-state index contributed by atoms with van der Waals surface area (Å²) in [6.07, 6.45) is 5.42. The van der Waals surface area contributed by atoms with Crippen LogP contribution in [0.3, 0.4) is 0 Å². The molecule has 2 N–H and O–H groups in total. The lowest BCUT2D eigenvalue weighted by molar-refractivity contribution is -0.132. The Balaban J connectivity index is 1.61. The molecule has 0 atom stereocenters. The molecule has 1 saturated carbocycles. The molecule has 0 aromatic carbocycles. The third-order valence-electron chi connectivity index (χ3n) is 3.88. The van der Waals surface area contributed by atoms with E-state index in [9.17, 15) is 9.59 Å². The Morgan fingerprint density at radius 1 is 1.11 bits per heavy atom. The van der Waals surface area contributed by atoms with Crippen molar-refractivity contribution in [2.45, 2.75) is 57.5 Å². The van der Waals surface area contributed by atoms with Gasteiger partial charge in [-0.25, -0.2) is 0 Å². The van der Waals surface area contributed by atoms with Crippen LogP contribution in [0.2, 0.25) is 0 Å². The van der Waals surface area contributed by atoms with Crippen LogP contribution in [-0.4, -0.2) is 48.4 Å². The van der Waals surface area contributed by atoms with Gasteiger partial charge in [0.25, 0.3) is 0 Å². The van der Waals surface area contributed by atoms with E-state index in [-0.39, 0.29) is 17.9 Å². The normalized spacial score (nSPS) is 20.4. The van der Waals surface area contributed by atoms with Gasteiger partial charge in [-0.3, -0.25) is 9.59 Å². The molecule has 2 rings (SSSR count). The van der Waals surface area contributed by atoms with Gasteiger partial charge in [0.2, 0.25) is 11.8 Å². The van der Waals surface area contributed by atoms with Crippen molar-refractivity contribution in [2.24, 2.45) is 0 Å². The van der Waals surface area contributed by atoms with Crippen molar-refractivity contribution in [2.75, 3.05) is 19.6 Å². The molecule has 1 heterocycles. The van der Waals surface area contributed by atoms with E-state index < -0.39 is 0 Å². The predicted molar refractivity (Wildman–Crippen MR) is 73.7 cm³/mol. The summed E-state index contributed by atoms with van der Waals surface area (Å²) in [5.74, 6) is 0.354. The highest BCUT2D eigenvalue weighted by atomic mass is 16.2. The van der Waals surface area contributed by atoms with Crippen LogP contribution in [0.15, 0.2) is 0 Å². The van der Waals surface area contributed by atoms with Gasteiger partial charge >= 0.3 is 0 Å². The third-order valence-corrected chi connectivity index (χ3v) is 3.88. The highest BCUT2D eigenvalue weighted by Crippen LogP contribution is 2.18. The second kappa shape index (κ2) is 6.89. The summed E-state index contributed by atoms with van der Waals surface area (Å²) in [5, 5.41) is 6.37. The summed E-state index contributed by atoms with van der Waals surface area (Å²) in [6, 6.07) is 0.920. The Bertz CT molecular complexity index is 321. The second-order valence-electron chi connectivity index (χ2n) is 5.55. The van der Waals surface area contributed by atoms with Crippen LogP contribution in [0.25, 0.3) is 0 Å².